The quantitative estimate of drug-likeness (QED) is 0.800. The van der Waals surface area contributed by atoms with Gasteiger partial charge in [-0.25, -0.2) is 9.97 Å². The lowest BCUT2D eigenvalue weighted by Crippen LogP contribution is -2.24. The lowest BCUT2D eigenvalue weighted by atomic mass is 10.4. The fourth-order valence-electron chi connectivity index (χ4n) is 1.67. The molecule has 0 unspecified atom stereocenters. The molecule has 0 saturated heterocycles. The number of hydrogen-bond acceptors (Lipinski definition) is 6. The van der Waals surface area contributed by atoms with Crippen LogP contribution < -0.4 is 5.32 Å². The molecular weight excluding hydrogens is 288 g/mol. The summed E-state index contributed by atoms with van der Waals surface area (Å²) >= 11 is 1.55. The van der Waals surface area contributed by atoms with Gasteiger partial charge in [0.15, 0.2) is 0 Å². The first-order valence-corrected chi connectivity index (χ1v) is 7.15. The van der Waals surface area contributed by atoms with E-state index in [1.54, 1.807) is 17.5 Å². The Kier molecular flexibility index (Phi) is 3.74. The van der Waals surface area contributed by atoms with Crippen LogP contribution in [-0.4, -0.2) is 20.9 Å². The first-order chi connectivity index (χ1) is 10.2. The molecule has 0 aliphatic carbocycles. The third kappa shape index (κ3) is 3.14. The predicted octanol–water partition coefficient (Wildman–Crippen LogP) is 2.43. The standard InChI is InChI=1S/C14H12N4O2S/c1-9-5-16-11(7-15-9)13(19)17-6-10-8-20-14(18-10)12-3-2-4-21-12/h2-5,7-8H,6H2,1H3,(H,17,19). The van der Waals surface area contributed by atoms with Gasteiger partial charge in [0, 0.05) is 6.20 Å². The van der Waals surface area contributed by atoms with Crippen molar-refractivity contribution in [3.8, 4) is 10.8 Å². The van der Waals surface area contributed by atoms with E-state index in [9.17, 15) is 4.79 Å². The van der Waals surface area contributed by atoms with E-state index in [1.807, 2.05) is 24.4 Å². The zero-order chi connectivity index (χ0) is 14.7. The Balaban J connectivity index is 1.62. The van der Waals surface area contributed by atoms with Crippen molar-refractivity contribution in [1.82, 2.24) is 20.3 Å². The molecule has 0 atom stereocenters. The second-order valence-electron chi connectivity index (χ2n) is 4.35. The molecule has 0 aliphatic rings. The van der Waals surface area contributed by atoms with Crippen molar-refractivity contribution in [2.45, 2.75) is 13.5 Å². The smallest absolute Gasteiger partial charge is 0.271 e. The van der Waals surface area contributed by atoms with Gasteiger partial charge in [0.2, 0.25) is 5.89 Å². The Labute approximate surface area is 124 Å². The number of rotatable bonds is 4. The average Bonchev–Trinajstić information content (AvgIpc) is 3.16. The summed E-state index contributed by atoms with van der Waals surface area (Å²) in [6.45, 7) is 2.10. The molecule has 3 aromatic rings. The molecule has 106 valence electrons. The summed E-state index contributed by atoms with van der Waals surface area (Å²) in [5.41, 5.74) is 1.71. The van der Waals surface area contributed by atoms with Gasteiger partial charge < -0.3 is 9.73 Å². The summed E-state index contributed by atoms with van der Waals surface area (Å²) in [6, 6.07) is 3.86. The lowest BCUT2D eigenvalue weighted by molar-refractivity contribution is 0.0945. The number of carbonyl (C=O) groups is 1. The summed E-state index contributed by atoms with van der Waals surface area (Å²) in [7, 11) is 0. The van der Waals surface area contributed by atoms with E-state index < -0.39 is 0 Å². The number of nitrogens with zero attached hydrogens (tertiary/aromatic N) is 3. The normalized spacial score (nSPS) is 10.5. The maximum atomic E-state index is 11.9. The highest BCUT2D eigenvalue weighted by atomic mass is 32.1. The first-order valence-electron chi connectivity index (χ1n) is 6.27. The van der Waals surface area contributed by atoms with E-state index >= 15 is 0 Å². The maximum Gasteiger partial charge on any atom is 0.271 e. The molecule has 3 rings (SSSR count). The van der Waals surface area contributed by atoms with Crippen LogP contribution in [0.1, 0.15) is 21.9 Å². The molecule has 1 N–H and O–H groups in total. The Morgan fingerprint density at radius 1 is 1.38 bits per heavy atom. The molecule has 0 saturated carbocycles. The van der Waals surface area contributed by atoms with Gasteiger partial charge in [-0.3, -0.25) is 9.78 Å². The number of amides is 1. The Morgan fingerprint density at radius 2 is 2.29 bits per heavy atom. The minimum atomic E-state index is -0.289. The Bertz CT molecular complexity index is 735. The van der Waals surface area contributed by atoms with Crippen molar-refractivity contribution in [2.75, 3.05) is 0 Å². The van der Waals surface area contributed by atoms with Crippen molar-refractivity contribution in [1.29, 1.82) is 0 Å². The zero-order valence-electron chi connectivity index (χ0n) is 11.2. The van der Waals surface area contributed by atoms with Crippen LogP contribution in [0.5, 0.6) is 0 Å². The van der Waals surface area contributed by atoms with Crippen molar-refractivity contribution in [3.63, 3.8) is 0 Å². The summed E-state index contributed by atoms with van der Waals surface area (Å²) in [6.07, 6.45) is 4.54. The van der Waals surface area contributed by atoms with Crippen LogP contribution >= 0.6 is 11.3 Å². The number of aromatic nitrogens is 3. The molecule has 3 aromatic heterocycles. The Hall–Kier alpha value is -2.54. The van der Waals surface area contributed by atoms with Gasteiger partial charge in [-0.15, -0.1) is 11.3 Å². The largest absolute Gasteiger partial charge is 0.443 e. The molecule has 21 heavy (non-hydrogen) atoms. The van der Waals surface area contributed by atoms with Crippen LogP contribution in [0.3, 0.4) is 0 Å². The molecule has 3 heterocycles. The van der Waals surface area contributed by atoms with Crippen molar-refractivity contribution < 1.29 is 9.21 Å². The fraction of sp³-hybridized carbons (Fsp3) is 0.143. The molecule has 0 aliphatic heterocycles. The molecule has 0 bridgehead atoms. The monoisotopic (exact) mass is 300 g/mol. The van der Waals surface area contributed by atoms with Crippen LogP contribution in [-0.2, 0) is 6.54 Å². The summed E-state index contributed by atoms with van der Waals surface area (Å²) in [5.74, 6) is 0.271. The van der Waals surface area contributed by atoms with Crippen LogP contribution in [0, 0.1) is 6.92 Å². The number of carbonyl (C=O) groups excluding carboxylic acids is 1. The number of hydrogen-bond donors (Lipinski definition) is 1. The molecule has 0 radical (unpaired) electrons. The molecule has 1 amide bonds. The highest BCUT2D eigenvalue weighted by molar-refractivity contribution is 7.13. The van der Waals surface area contributed by atoms with Gasteiger partial charge in [0.25, 0.3) is 5.91 Å². The molecule has 0 aromatic carbocycles. The SMILES string of the molecule is Cc1cnc(C(=O)NCc2coc(-c3cccs3)n2)cn1. The second kappa shape index (κ2) is 5.84. The van der Waals surface area contributed by atoms with Gasteiger partial charge in [-0.2, -0.15) is 0 Å². The highest BCUT2D eigenvalue weighted by Gasteiger charge is 2.10. The number of oxazole rings is 1. The predicted molar refractivity (Wildman–Crippen MR) is 77.8 cm³/mol. The van der Waals surface area contributed by atoms with Crippen molar-refractivity contribution >= 4 is 17.2 Å². The van der Waals surface area contributed by atoms with Crippen molar-refractivity contribution in [3.05, 3.63) is 53.3 Å². The molecular formula is C14H12N4O2S. The van der Waals surface area contributed by atoms with E-state index in [1.165, 1.54) is 12.5 Å². The summed E-state index contributed by atoms with van der Waals surface area (Å²) < 4.78 is 5.38. The van der Waals surface area contributed by atoms with Gasteiger partial charge in [0.1, 0.15) is 12.0 Å². The van der Waals surface area contributed by atoms with Gasteiger partial charge in [-0.05, 0) is 18.4 Å². The number of aryl methyl sites for hydroxylation is 1. The second-order valence-corrected chi connectivity index (χ2v) is 5.29. The highest BCUT2D eigenvalue weighted by Crippen LogP contribution is 2.23. The van der Waals surface area contributed by atoms with Crippen LogP contribution in [0.25, 0.3) is 10.8 Å². The third-order valence-corrected chi connectivity index (χ3v) is 3.59. The van der Waals surface area contributed by atoms with Gasteiger partial charge in [0.05, 0.1) is 29.0 Å². The Morgan fingerprint density at radius 3 is 3.00 bits per heavy atom. The lowest BCUT2D eigenvalue weighted by Gasteiger charge is -2.01. The molecule has 6 nitrogen and oxygen atoms in total. The van der Waals surface area contributed by atoms with E-state index in [0.717, 1.165) is 10.6 Å². The molecule has 7 heteroatoms. The minimum absolute atomic E-state index is 0.280. The van der Waals surface area contributed by atoms with E-state index in [0.29, 0.717) is 11.6 Å². The van der Waals surface area contributed by atoms with E-state index in [-0.39, 0.29) is 18.1 Å². The summed E-state index contributed by atoms with van der Waals surface area (Å²) in [5, 5.41) is 4.69. The number of thiophene rings is 1. The van der Waals surface area contributed by atoms with Crippen LogP contribution in [0.15, 0.2) is 40.6 Å². The molecule has 0 fully saturated rings. The van der Waals surface area contributed by atoms with E-state index in [2.05, 4.69) is 20.3 Å². The molecule has 0 spiro atoms. The summed E-state index contributed by atoms with van der Waals surface area (Å²) in [4.78, 5) is 25.2. The maximum absolute atomic E-state index is 11.9. The third-order valence-electron chi connectivity index (χ3n) is 2.73. The van der Waals surface area contributed by atoms with Crippen LogP contribution in [0.4, 0.5) is 0 Å². The average molecular weight is 300 g/mol. The number of nitrogens with one attached hydrogen (secondary N) is 1. The van der Waals surface area contributed by atoms with Crippen LogP contribution in [0.2, 0.25) is 0 Å². The van der Waals surface area contributed by atoms with E-state index in [4.69, 9.17) is 4.42 Å². The fourth-order valence-corrected chi connectivity index (χ4v) is 2.33. The zero-order valence-corrected chi connectivity index (χ0v) is 12.1. The minimum Gasteiger partial charge on any atom is -0.443 e. The van der Waals surface area contributed by atoms with Gasteiger partial charge >= 0.3 is 0 Å². The topological polar surface area (TPSA) is 80.9 Å². The van der Waals surface area contributed by atoms with Gasteiger partial charge in [-0.1, -0.05) is 6.07 Å². The first kappa shape index (κ1) is 13.4. The van der Waals surface area contributed by atoms with Crippen molar-refractivity contribution in [2.24, 2.45) is 0 Å².